The van der Waals surface area contributed by atoms with Crippen LogP contribution in [-0.4, -0.2) is 46.2 Å². The molecule has 2 aromatic rings. The Hall–Kier alpha value is -2.17. The lowest BCUT2D eigenvalue weighted by atomic mass is 10.2. The van der Waals surface area contributed by atoms with E-state index in [9.17, 15) is 14.4 Å². The van der Waals surface area contributed by atoms with Crippen LogP contribution >= 0.6 is 34.7 Å². The average Bonchev–Trinajstić information content (AvgIpc) is 3.08. The van der Waals surface area contributed by atoms with Crippen LogP contribution < -0.4 is 10.6 Å². The van der Waals surface area contributed by atoms with Crippen molar-refractivity contribution in [3.05, 3.63) is 29.8 Å². The Balaban J connectivity index is 1.81. The van der Waals surface area contributed by atoms with Crippen molar-refractivity contribution < 1.29 is 19.1 Å². The van der Waals surface area contributed by atoms with E-state index in [4.69, 9.17) is 16.3 Å². The van der Waals surface area contributed by atoms with Gasteiger partial charge >= 0.3 is 5.97 Å². The number of carbonyl (C=O) groups excluding carboxylic acids is 3. The highest BCUT2D eigenvalue weighted by Crippen LogP contribution is 2.25. The van der Waals surface area contributed by atoms with Crippen LogP contribution in [0.1, 0.15) is 17.3 Å². The highest BCUT2D eigenvalue weighted by molar-refractivity contribution is 8.01. The second-order valence-electron chi connectivity index (χ2n) is 4.69. The second kappa shape index (κ2) is 10.1. The van der Waals surface area contributed by atoms with Crippen molar-refractivity contribution in [2.75, 3.05) is 28.9 Å². The molecule has 0 aliphatic carbocycles. The maximum absolute atomic E-state index is 12.0. The van der Waals surface area contributed by atoms with E-state index in [0.29, 0.717) is 27.3 Å². The highest BCUT2D eigenvalue weighted by Gasteiger charge is 2.11. The molecule has 0 saturated heterocycles. The maximum atomic E-state index is 12.0. The predicted octanol–water partition coefficient (Wildman–Crippen LogP) is 2.62. The molecular formula is C15H15ClN4O4S2. The Bertz CT molecular complexity index is 782. The number of ether oxygens (including phenoxy) is 1. The van der Waals surface area contributed by atoms with Crippen LogP contribution in [0.25, 0.3) is 0 Å². The molecule has 1 aromatic heterocycles. The van der Waals surface area contributed by atoms with Gasteiger partial charge in [0.15, 0.2) is 4.34 Å². The number of thioether (sulfide) groups is 1. The van der Waals surface area contributed by atoms with Crippen LogP contribution in [0.2, 0.25) is 0 Å². The van der Waals surface area contributed by atoms with Crippen molar-refractivity contribution in [2.24, 2.45) is 0 Å². The van der Waals surface area contributed by atoms with E-state index in [2.05, 4.69) is 20.8 Å². The number of rotatable bonds is 8. The normalized spacial score (nSPS) is 10.2. The number of amides is 2. The molecule has 8 nitrogen and oxygen atoms in total. The molecule has 2 rings (SSSR count). The number of nitrogens with one attached hydrogen (secondary N) is 2. The van der Waals surface area contributed by atoms with Gasteiger partial charge in [0.1, 0.15) is 5.88 Å². The van der Waals surface area contributed by atoms with E-state index >= 15 is 0 Å². The first-order chi connectivity index (χ1) is 12.5. The second-order valence-corrected chi connectivity index (χ2v) is 7.16. The Kier molecular flexibility index (Phi) is 7.82. The largest absolute Gasteiger partial charge is 0.462 e. The lowest BCUT2D eigenvalue weighted by Crippen LogP contribution is -2.14. The molecule has 2 amide bonds. The molecule has 0 spiro atoms. The zero-order valence-electron chi connectivity index (χ0n) is 13.7. The quantitative estimate of drug-likeness (QED) is 0.295. The molecule has 0 fully saturated rings. The minimum Gasteiger partial charge on any atom is -0.462 e. The van der Waals surface area contributed by atoms with Gasteiger partial charge in [0, 0.05) is 5.69 Å². The number of anilines is 2. The van der Waals surface area contributed by atoms with Crippen molar-refractivity contribution in [2.45, 2.75) is 11.3 Å². The number of hydrogen-bond donors (Lipinski definition) is 2. The van der Waals surface area contributed by atoms with E-state index in [-0.39, 0.29) is 23.4 Å². The van der Waals surface area contributed by atoms with Crippen LogP contribution in [-0.2, 0) is 14.3 Å². The van der Waals surface area contributed by atoms with Gasteiger partial charge in [-0.15, -0.1) is 21.8 Å². The number of halogens is 1. The number of hydrogen-bond acceptors (Lipinski definition) is 8. The summed E-state index contributed by atoms with van der Waals surface area (Å²) in [6, 6.07) is 6.41. The lowest BCUT2D eigenvalue weighted by Gasteiger charge is -2.05. The molecule has 11 heteroatoms. The maximum Gasteiger partial charge on any atom is 0.338 e. The summed E-state index contributed by atoms with van der Waals surface area (Å²) in [7, 11) is 0. The molecule has 2 N–H and O–H groups in total. The van der Waals surface area contributed by atoms with Gasteiger partial charge < -0.3 is 10.1 Å². The van der Waals surface area contributed by atoms with E-state index in [1.54, 1.807) is 31.2 Å². The molecule has 0 aliphatic rings. The zero-order valence-corrected chi connectivity index (χ0v) is 16.0. The average molecular weight is 415 g/mol. The Morgan fingerprint density at radius 3 is 2.54 bits per heavy atom. The van der Waals surface area contributed by atoms with Gasteiger partial charge in [-0.05, 0) is 31.2 Å². The van der Waals surface area contributed by atoms with Crippen LogP contribution in [0.3, 0.4) is 0 Å². The lowest BCUT2D eigenvalue weighted by molar-refractivity contribution is -0.114. The van der Waals surface area contributed by atoms with Gasteiger partial charge in [0.25, 0.3) is 0 Å². The monoisotopic (exact) mass is 414 g/mol. The molecule has 26 heavy (non-hydrogen) atoms. The van der Waals surface area contributed by atoms with Gasteiger partial charge in [0.05, 0.1) is 17.9 Å². The third-order valence-corrected chi connectivity index (χ3v) is 5.00. The van der Waals surface area contributed by atoms with Gasteiger partial charge in [-0.3, -0.25) is 14.9 Å². The topological polar surface area (TPSA) is 110 Å². The molecule has 0 atom stereocenters. The standard InChI is InChI=1S/C15H15ClN4O4S2/c1-2-24-13(23)9-3-5-10(6-4-9)17-12(22)8-25-15-20-19-14(26-15)18-11(21)7-16/h3-6H,2,7-8H2,1H3,(H,17,22)(H,18,19,21). The number of carbonyl (C=O) groups is 3. The predicted molar refractivity (Wildman–Crippen MR) is 101 cm³/mol. The van der Waals surface area contributed by atoms with Gasteiger partial charge in [0.2, 0.25) is 16.9 Å². The van der Waals surface area contributed by atoms with Crippen LogP contribution in [0.4, 0.5) is 10.8 Å². The number of nitrogens with zero attached hydrogens (tertiary/aromatic N) is 2. The minimum atomic E-state index is -0.408. The molecule has 138 valence electrons. The number of esters is 1. The van der Waals surface area contributed by atoms with Crippen molar-refractivity contribution >= 4 is 63.3 Å². The summed E-state index contributed by atoms with van der Waals surface area (Å²) in [5.74, 6) is -1.06. The van der Waals surface area contributed by atoms with Gasteiger partial charge in [-0.2, -0.15) is 0 Å². The smallest absolute Gasteiger partial charge is 0.338 e. The molecule has 0 aliphatic heterocycles. The van der Waals surface area contributed by atoms with Crippen molar-refractivity contribution in [1.82, 2.24) is 10.2 Å². The summed E-state index contributed by atoms with van der Waals surface area (Å²) >= 11 is 7.74. The summed E-state index contributed by atoms with van der Waals surface area (Å²) in [4.78, 5) is 34.7. The molecule has 0 unspecified atom stereocenters. The van der Waals surface area contributed by atoms with E-state index in [1.165, 1.54) is 11.8 Å². The summed E-state index contributed by atoms with van der Waals surface area (Å²) in [5, 5.41) is 13.2. The van der Waals surface area contributed by atoms with Crippen molar-refractivity contribution in [1.29, 1.82) is 0 Å². The Morgan fingerprint density at radius 2 is 1.88 bits per heavy atom. The minimum absolute atomic E-state index is 0.123. The summed E-state index contributed by atoms with van der Waals surface area (Å²) < 4.78 is 5.44. The fourth-order valence-electron chi connectivity index (χ4n) is 1.70. The fourth-order valence-corrected chi connectivity index (χ4v) is 3.33. The molecule has 1 heterocycles. The van der Waals surface area contributed by atoms with E-state index < -0.39 is 5.97 Å². The first kappa shape index (κ1) is 20.1. The third-order valence-electron chi connectivity index (χ3n) is 2.78. The summed E-state index contributed by atoms with van der Waals surface area (Å²) in [5.41, 5.74) is 0.982. The third kappa shape index (κ3) is 6.28. The first-order valence-electron chi connectivity index (χ1n) is 7.41. The highest BCUT2D eigenvalue weighted by atomic mass is 35.5. The number of alkyl halides is 1. The van der Waals surface area contributed by atoms with E-state index in [1.807, 2.05) is 0 Å². The van der Waals surface area contributed by atoms with Crippen molar-refractivity contribution in [3.8, 4) is 0 Å². The summed E-state index contributed by atoms with van der Waals surface area (Å²) in [6.07, 6.45) is 0. The molecule has 0 radical (unpaired) electrons. The van der Waals surface area contributed by atoms with Gasteiger partial charge in [-0.25, -0.2) is 4.79 Å². The molecule has 0 bridgehead atoms. The molecule has 0 saturated carbocycles. The fraction of sp³-hybridized carbons (Fsp3) is 0.267. The van der Waals surface area contributed by atoms with Crippen LogP contribution in [0, 0.1) is 0 Å². The first-order valence-corrected chi connectivity index (χ1v) is 9.74. The van der Waals surface area contributed by atoms with Crippen molar-refractivity contribution in [3.63, 3.8) is 0 Å². The number of aromatic nitrogens is 2. The SMILES string of the molecule is CCOC(=O)c1ccc(NC(=O)CSc2nnc(NC(=O)CCl)s2)cc1. The molecular weight excluding hydrogens is 400 g/mol. The Morgan fingerprint density at radius 1 is 1.15 bits per heavy atom. The Labute approximate surface area is 162 Å². The molecule has 1 aromatic carbocycles. The van der Waals surface area contributed by atoms with Crippen LogP contribution in [0.5, 0.6) is 0 Å². The van der Waals surface area contributed by atoms with E-state index in [0.717, 1.165) is 11.3 Å². The van der Waals surface area contributed by atoms with Crippen LogP contribution in [0.15, 0.2) is 28.6 Å². The van der Waals surface area contributed by atoms with Gasteiger partial charge in [-0.1, -0.05) is 23.1 Å². The number of benzene rings is 1. The summed E-state index contributed by atoms with van der Waals surface area (Å²) in [6.45, 7) is 2.04. The zero-order chi connectivity index (χ0) is 18.9.